The van der Waals surface area contributed by atoms with Crippen molar-refractivity contribution in [1.82, 2.24) is 4.98 Å². The Morgan fingerprint density at radius 1 is 1.11 bits per heavy atom. The van der Waals surface area contributed by atoms with Crippen molar-refractivity contribution in [3.05, 3.63) is 53.6 Å². The Hall–Kier alpha value is -2.42. The van der Waals surface area contributed by atoms with Gasteiger partial charge in [-0.1, -0.05) is 17.7 Å². The summed E-state index contributed by atoms with van der Waals surface area (Å²) in [5.74, 6) is 0.577. The maximum atomic E-state index is 10.7. The zero-order valence-electron chi connectivity index (χ0n) is 9.88. The van der Waals surface area contributed by atoms with E-state index in [2.05, 4.69) is 4.98 Å². The first-order valence-corrected chi connectivity index (χ1v) is 5.69. The van der Waals surface area contributed by atoms with Gasteiger partial charge in [0.15, 0.2) is 5.58 Å². The van der Waals surface area contributed by atoms with Crippen molar-refractivity contribution >= 4 is 17.4 Å². The number of benzene rings is 2. The number of rotatable bonds is 2. The number of hydrogen-bond acceptors (Lipinski definition) is 3. The molecule has 0 aliphatic heterocycles. The highest BCUT2D eigenvalue weighted by atomic mass is 16.3. The van der Waals surface area contributed by atoms with Gasteiger partial charge < -0.3 is 4.42 Å². The molecule has 0 aliphatic carbocycles. The number of oxazole rings is 1. The largest absolute Gasteiger partial charge is 0.436 e. The number of aromatic nitrogens is 1. The molecule has 0 spiro atoms. The molecule has 0 unspecified atom stereocenters. The van der Waals surface area contributed by atoms with Crippen LogP contribution in [0.3, 0.4) is 0 Å². The number of carbonyl (C=O) groups is 1. The van der Waals surface area contributed by atoms with Gasteiger partial charge in [0.05, 0.1) is 0 Å². The molecule has 0 N–H and O–H groups in total. The fourth-order valence-electron chi connectivity index (χ4n) is 1.84. The third-order valence-electron chi connectivity index (χ3n) is 2.85. The van der Waals surface area contributed by atoms with Crippen LogP contribution in [0.25, 0.3) is 22.6 Å². The fraction of sp³-hybridized carbons (Fsp3) is 0.0667. The lowest BCUT2D eigenvalue weighted by Gasteiger charge is -1.95. The van der Waals surface area contributed by atoms with Crippen LogP contribution in [0.15, 0.2) is 46.9 Å². The topological polar surface area (TPSA) is 43.1 Å². The Morgan fingerprint density at radius 3 is 2.61 bits per heavy atom. The van der Waals surface area contributed by atoms with E-state index in [9.17, 15) is 4.79 Å². The molecular formula is C15H11NO2. The molecule has 3 heteroatoms. The van der Waals surface area contributed by atoms with E-state index in [0.29, 0.717) is 22.6 Å². The number of fused-ring (bicyclic) bond motifs is 1. The summed E-state index contributed by atoms with van der Waals surface area (Å²) in [6, 6.07) is 13.2. The molecule has 18 heavy (non-hydrogen) atoms. The standard InChI is InChI=1S/C15H11NO2/c1-10-2-5-12(6-3-10)15-16-13-8-11(9-17)4-7-14(13)18-15/h2-9H,1H3. The van der Waals surface area contributed by atoms with Crippen molar-refractivity contribution in [1.29, 1.82) is 0 Å². The minimum absolute atomic E-state index is 0.577. The number of nitrogens with zero attached hydrogens (tertiary/aromatic N) is 1. The lowest BCUT2D eigenvalue weighted by Crippen LogP contribution is -1.79. The molecule has 1 aromatic heterocycles. The van der Waals surface area contributed by atoms with E-state index in [4.69, 9.17) is 4.42 Å². The van der Waals surface area contributed by atoms with Crippen LogP contribution in [0.1, 0.15) is 15.9 Å². The molecule has 0 saturated heterocycles. The van der Waals surface area contributed by atoms with Gasteiger partial charge in [-0.05, 0) is 37.3 Å². The van der Waals surface area contributed by atoms with Gasteiger partial charge in [0.25, 0.3) is 0 Å². The summed E-state index contributed by atoms with van der Waals surface area (Å²) in [6.45, 7) is 2.03. The monoisotopic (exact) mass is 237 g/mol. The van der Waals surface area contributed by atoms with Crippen molar-refractivity contribution in [2.75, 3.05) is 0 Å². The van der Waals surface area contributed by atoms with Crippen LogP contribution in [0, 0.1) is 6.92 Å². The van der Waals surface area contributed by atoms with Gasteiger partial charge in [0.1, 0.15) is 11.8 Å². The summed E-state index contributed by atoms with van der Waals surface area (Å²) < 4.78 is 5.67. The number of aryl methyl sites for hydroxylation is 1. The minimum atomic E-state index is 0.577. The van der Waals surface area contributed by atoms with Crippen molar-refractivity contribution in [3.8, 4) is 11.5 Å². The van der Waals surface area contributed by atoms with Crippen LogP contribution >= 0.6 is 0 Å². The van der Waals surface area contributed by atoms with Crippen LogP contribution in [0.5, 0.6) is 0 Å². The lowest BCUT2D eigenvalue weighted by molar-refractivity contribution is 0.112. The first-order valence-electron chi connectivity index (χ1n) is 5.69. The molecule has 0 atom stereocenters. The van der Waals surface area contributed by atoms with E-state index >= 15 is 0 Å². The maximum Gasteiger partial charge on any atom is 0.227 e. The minimum Gasteiger partial charge on any atom is -0.436 e. The first kappa shape index (κ1) is 10.7. The number of aldehydes is 1. The van der Waals surface area contributed by atoms with Gasteiger partial charge >= 0.3 is 0 Å². The normalized spacial score (nSPS) is 10.7. The molecule has 88 valence electrons. The zero-order valence-corrected chi connectivity index (χ0v) is 9.88. The number of carbonyl (C=O) groups excluding carboxylic acids is 1. The molecule has 0 saturated carbocycles. The second-order valence-electron chi connectivity index (χ2n) is 4.23. The molecule has 3 aromatic rings. The number of hydrogen-bond donors (Lipinski definition) is 0. The molecule has 0 fully saturated rings. The molecule has 0 bridgehead atoms. The van der Waals surface area contributed by atoms with Crippen LogP contribution in [0.4, 0.5) is 0 Å². The maximum absolute atomic E-state index is 10.7. The van der Waals surface area contributed by atoms with E-state index in [1.54, 1.807) is 18.2 Å². The fourth-order valence-corrected chi connectivity index (χ4v) is 1.84. The van der Waals surface area contributed by atoms with E-state index in [-0.39, 0.29) is 0 Å². The molecule has 0 aliphatic rings. The molecule has 0 radical (unpaired) electrons. The van der Waals surface area contributed by atoms with E-state index < -0.39 is 0 Å². The van der Waals surface area contributed by atoms with Crippen molar-refractivity contribution < 1.29 is 9.21 Å². The third kappa shape index (κ3) is 1.80. The Labute approximate surface area is 104 Å². The van der Waals surface area contributed by atoms with Gasteiger partial charge in [0.2, 0.25) is 5.89 Å². The van der Waals surface area contributed by atoms with Gasteiger partial charge in [-0.25, -0.2) is 4.98 Å². The van der Waals surface area contributed by atoms with Gasteiger partial charge in [-0.15, -0.1) is 0 Å². The van der Waals surface area contributed by atoms with Gasteiger partial charge in [-0.2, -0.15) is 0 Å². The second kappa shape index (κ2) is 4.11. The van der Waals surface area contributed by atoms with Crippen LogP contribution in [0.2, 0.25) is 0 Å². The SMILES string of the molecule is Cc1ccc(-c2nc3cc(C=O)ccc3o2)cc1. The van der Waals surface area contributed by atoms with Crippen molar-refractivity contribution in [2.24, 2.45) is 0 Å². The average Bonchev–Trinajstić information content (AvgIpc) is 2.82. The Morgan fingerprint density at radius 2 is 1.89 bits per heavy atom. The summed E-state index contributed by atoms with van der Waals surface area (Å²) in [5, 5.41) is 0. The third-order valence-corrected chi connectivity index (χ3v) is 2.85. The second-order valence-corrected chi connectivity index (χ2v) is 4.23. The predicted molar refractivity (Wildman–Crippen MR) is 69.6 cm³/mol. The lowest BCUT2D eigenvalue weighted by atomic mass is 10.1. The van der Waals surface area contributed by atoms with Crippen LogP contribution < -0.4 is 0 Å². The van der Waals surface area contributed by atoms with Crippen molar-refractivity contribution in [2.45, 2.75) is 6.92 Å². The Kier molecular flexibility index (Phi) is 2.45. The molecule has 3 nitrogen and oxygen atoms in total. The van der Waals surface area contributed by atoms with Crippen LogP contribution in [-0.4, -0.2) is 11.3 Å². The Balaban J connectivity index is 2.12. The predicted octanol–water partition coefficient (Wildman–Crippen LogP) is 3.62. The summed E-state index contributed by atoms with van der Waals surface area (Å²) in [6.07, 6.45) is 0.805. The van der Waals surface area contributed by atoms with Gasteiger partial charge in [-0.3, -0.25) is 4.79 Å². The molecule has 1 heterocycles. The Bertz CT molecular complexity index is 711. The summed E-state index contributed by atoms with van der Waals surface area (Å²) in [7, 11) is 0. The summed E-state index contributed by atoms with van der Waals surface area (Å²) in [4.78, 5) is 15.1. The highest BCUT2D eigenvalue weighted by Gasteiger charge is 2.08. The summed E-state index contributed by atoms with van der Waals surface area (Å²) in [5.41, 5.74) is 4.13. The van der Waals surface area contributed by atoms with Crippen LogP contribution in [-0.2, 0) is 0 Å². The van der Waals surface area contributed by atoms with E-state index in [1.807, 2.05) is 31.2 Å². The molecule has 2 aromatic carbocycles. The zero-order chi connectivity index (χ0) is 12.5. The highest BCUT2D eigenvalue weighted by molar-refractivity contribution is 5.84. The molecular weight excluding hydrogens is 226 g/mol. The van der Waals surface area contributed by atoms with E-state index in [1.165, 1.54) is 5.56 Å². The summed E-state index contributed by atoms with van der Waals surface area (Å²) >= 11 is 0. The average molecular weight is 237 g/mol. The molecule has 3 rings (SSSR count). The molecule has 0 amide bonds. The first-order chi connectivity index (χ1) is 8.76. The van der Waals surface area contributed by atoms with E-state index in [0.717, 1.165) is 11.8 Å². The van der Waals surface area contributed by atoms with Crippen molar-refractivity contribution in [3.63, 3.8) is 0 Å². The smallest absolute Gasteiger partial charge is 0.227 e. The van der Waals surface area contributed by atoms with Gasteiger partial charge in [0, 0.05) is 11.1 Å². The quantitative estimate of drug-likeness (QED) is 0.639. The highest BCUT2D eigenvalue weighted by Crippen LogP contribution is 2.24.